The number of halogens is 1. The zero-order chi connectivity index (χ0) is 17.6. The van der Waals surface area contributed by atoms with E-state index in [4.69, 9.17) is 10.5 Å². The molecule has 0 saturated heterocycles. The SMILES string of the molecule is CCN(CC)S(=O)(=O)c1cc(NC(=O)C(N)COC)ccc1C.Cl. The standard InChI is InChI=1S/C15H25N3O4S.ClH/c1-5-18(6-2)23(20,21)14-9-12(8-7-11(14)3)17-15(19)13(16)10-22-4;/h7-9,13H,5-6,10,16H2,1-4H3,(H,17,19);1H. The van der Waals surface area contributed by atoms with Gasteiger partial charge in [0.1, 0.15) is 6.04 Å². The first-order chi connectivity index (χ1) is 10.8. The van der Waals surface area contributed by atoms with Crippen molar-refractivity contribution in [3.05, 3.63) is 23.8 Å². The van der Waals surface area contributed by atoms with E-state index in [1.54, 1.807) is 32.9 Å². The Morgan fingerprint density at radius 1 is 1.33 bits per heavy atom. The van der Waals surface area contributed by atoms with Gasteiger partial charge in [-0.1, -0.05) is 19.9 Å². The van der Waals surface area contributed by atoms with E-state index in [1.807, 2.05) is 0 Å². The summed E-state index contributed by atoms with van der Waals surface area (Å²) in [6.07, 6.45) is 0. The second-order valence-corrected chi connectivity index (χ2v) is 7.03. The van der Waals surface area contributed by atoms with E-state index in [1.165, 1.54) is 17.5 Å². The van der Waals surface area contributed by atoms with Crippen LogP contribution in [0.15, 0.2) is 23.1 Å². The average Bonchev–Trinajstić information content (AvgIpc) is 2.50. The first kappa shape index (κ1) is 22.8. The predicted molar refractivity (Wildman–Crippen MR) is 97.0 cm³/mol. The van der Waals surface area contributed by atoms with Gasteiger partial charge in [0.15, 0.2) is 0 Å². The van der Waals surface area contributed by atoms with Crippen LogP contribution in [0.2, 0.25) is 0 Å². The van der Waals surface area contributed by atoms with Crippen LogP contribution < -0.4 is 11.1 Å². The monoisotopic (exact) mass is 379 g/mol. The minimum absolute atomic E-state index is 0. The fourth-order valence-electron chi connectivity index (χ4n) is 2.15. The molecule has 0 radical (unpaired) electrons. The van der Waals surface area contributed by atoms with E-state index >= 15 is 0 Å². The fraction of sp³-hybridized carbons (Fsp3) is 0.533. The summed E-state index contributed by atoms with van der Waals surface area (Å²) in [7, 11) is -2.14. The molecule has 1 aromatic carbocycles. The van der Waals surface area contributed by atoms with E-state index in [0.717, 1.165) is 0 Å². The van der Waals surface area contributed by atoms with Gasteiger partial charge in [-0.3, -0.25) is 4.79 Å². The van der Waals surface area contributed by atoms with Crippen molar-refractivity contribution < 1.29 is 17.9 Å². The second kappa shape index (κ2) is 9.95. The number of anilines is 1. The quantitative estimate of drug-likeness (QED) is 0.710. The molecule has 0 aromatic heterocycles. The summed E-state index contributed by atoms with van der Waals surface area (Å²) >= 11 is 0. The first-order valence-electron chi connectivity index (χ1n) is 7.44. The molecular formula is C15H26ClN3O4S. The third-order valence-corrected chi connectivity index (χ3v) is 5.65. The van der Waals surface area contributed by atoms with Crippen molar-refractivity contribution in [1.29, 1.82) is 0 Å². The molecule has 1 unspecified atom stereocenters. The normalized spacial score (nSPS) is 12.6. The van der Waals surface area contributed by atoms with Crippen molar-refractivity contribution in [2.45, 2.75) is 31.7 Å². The summed E-state index contributed by atoms with van der Waals surface area (Å²) in [6.45, 7) is 6.14. The molecule has 1 aromatic rings. The van der Waals surface area contributed by atoms with Crippen LogP contribution in [0.5, 0.6) is 0 Å². The lowest BCUT2D eigenvalue weighted by Gasteiger charge is -2.20. The Kier molecular flexibility index (Phi) is 9.46. The molecule has 7 nitrogen and oxygen atoms in total. The molecule has 0 fully saturated rings. The van der Waals surface area contributed by atoms with Gasteiger partial charge >= 0.3 is 0 Å². The Labute approximate surface area is 150 Å². The maximum Gasteiger partial charge on any atom is 0.243 e. The zero-order valence-electron chi connectivity index (χ0n) is 14.4. The second-order valence-electron chi connectivity index (χ2n) is 5.12. The molecule has 1 atom stereocenters. The summed E-state index contributed by atoms with van der Waals surface area (Å²) in [4.78, 5) is 12.1. The number of rotatable bonds is 8. The Bertz CT molecular complexity index is 648. The van der Waals surface area contributed by atoms with Gasteiger partial charge in [0.25, 0.3) is 0 Å². The van der Waals surface area contributed by atoms with Gasteiger partial charge in [0.2, 0.25) is 15.9 Å². The van der Waals surface area contributed by atoms with Gasteiger partial charge in [-0.25, -0.2) is 8.42 Å². The molecule has 1 amide bonds. The minimum atomic E-state index is -3.59. The number of methoxy groups -OCH3 is 1. The van der Waals surface area contributed by atoms with E-state index in [9.17, 15) is 13.2 Å². The topological polar surface area (TPSA) is 102 Å². The van der Waals surface area contributed by atoms with Crippen LogP contribution in [-0.4, -0.2) is 51.5 Å². The third-order valence-electron chi connectivity index (χ3n) is 3.46. The van der Waals surface area contributed by atoms with E-state index in [2.05, 4.69) is 5.32 Å². The lowest BCUT2D eigenvalue weighted by atomic mass is 10.2. The van der Waals surface area contributed by atoms with Crippen LogP contribution >= 0.6 is 12.4 Å². The van der Waals surface area contributed by atoms with Crippen molar-refractivity contribution in [3.63, 3.8) is 0 Å². The number of sulfonamides is 1. The number of benzene rings is 1. The molecule has 0 bridgehead atoms. The van der Waals surface area contributed by atoms with Crippen LogP contribution in [0.25, 0.3) is 0 Å². The van der Waals surface area contributed by atoms with Gasteiger partial charge in [-0.15, -0.1) is 12.4 Å². The lowest BCUT2D eigenvalue weighted by Crippen LogP contribution is -2.39. The number of amides is 1. The molecular weight excluding hydrogens is 354 g/mol. The minimum Gasteiger partial charge on any atom is -0.383 e. The van der Waals surface area contributed by atoms with Crippen molar-refractivity contribution in [2.75, 3.05) is 32.1 Å². The molecule has 1 rings (SSSR count). The molecule has 0 saturated carbocycles. The van der Waals surface area contributed by atoms with Crippen molar-refractivity contribution in [2.24, 2.45) is 5.73 Å². The summed E-state index contributed by atoms with van der Waals surface area (Å²) in [5, 5.41) is 2.61. The van der Waals surface area contributed by atoms with Gasteiger partial charge in [0.05, 0.1) is 11.5 Å². The van der Waals surface area contributed by atoms with Crippen molar-refractivity contribution in [3.8, 4) is 0 Å². The molecule has 3 N–H and O–H groups in total. The number of nitrogens with one attached hydrogen (secondary N) is 1. The van der Waals surface area contributed by atoms with Gasteiger partial charge in [-0.05, 0) is 24.6 Å². The van der Waals surface area contributed by atoms with E-state index < -0.39 is 22.0 Å². The Morgan fingerprint density at radius 3 is 2.42 bits per heavy atom. The van der Waals surface area contributed by atoms with Crippen LogP contribution in [0.1, 0.15) is 19.4 Å². The number of hydrogen-bond donors (Lipinski definition) is 2. The van der Waals surface area contributed by atoms with Crippen molar-refractivity contribution >= 4 is 34.0 Å². The largest absolute Gasteiger partial charge is 0.383 e. The van der Waals surface area contributed by atoms with Crippen LogP contribution in [0, 0.1) is 6.92 Å². The van der Waals surface area contributed by atoms with Crippen LogP contribution in [-0.2, 0) is 19.6 Å². The number of carbonyl (C=O) groups excluding carboxylic acids is 1. The Balaban J connectivity index is 0.00000529. The highest BCUT2D eigenvalue weighted by atomic mass is 35.5. The van der Waals surface area contributed by atoms with Gasteiger partial charge in [0, 0.05) is 25.9 Å². The molecule has 0 aliphatic rings. The Morgan fingerprint density at radius 2 is 1.92 bits per heavy atom. The highest BCUT2D eigenvalue weighted by Gasteiger charge is 2.24. The highest BCUT2D eigenvalue weighted by Crippen LogP contribution is 2.23. The molecule has 0 heterocycles. The number of ether oxygens (including phenoxy) is 1. The van der Waals surface area contributed by atoms with E-state index in [-0.39, 0.29) is 23.9 Å². The van der Waals surface area contributed by atoms with Crippen LogP contribution in [0.4, 0.5) is 5.69 Å². The lowest BCUT2D eigenvalue weighted by molar-refractivity contribution is -0.118. The molecule has 9 heteroatoms. The molecule has 24 heavy (non-hydrogen) atoms. The summed E-state index contributed by atoms with van der Waals surface area (Å²) in [5.74, 6) is -0.429. The predicted octanol–water partition coefficient (Wildman–Crippen LogP) is 1.36. The highest BCUT2D eigenvalue weighted by molar-refractivity contribution is 7.89. The summed E-state index contributed by atoms with van der Waals surface area (Å²) < 4.78 is 31.5. The maximum absolute atomic E-state index is 12.7. The maximum atomic E-state index is 12.7. The number of nitrogens with two attached hydrogens (primary N) is 1. The van der Waals surface area contributed by atoms with Gasteiger partial charge < -0.3 is 15.8 Å². The fourth-order valence-corrected chi connectivity index (χ4v) is 3.86. The molecule has 0 aliphatic heterocycles. The average molecular weight is 380 g/mol. The van der Waals surface area contributed by atoms with Gasteiger partial charge in [-0.2, -0.15) is 4.31 Å². The summed E-state index contributed by atoms with van der Waals surface area (Å²) in [6, 6.07) is 3.95. The number of nitrogens with zero attached hydrogens (tertiary/aromatic N) is 1. The zero-order valence-corrected chi connectivity index (χ0v) is 16.0. The Hall–Kier alpha value is -1.19. The molecule has 0 spiro atoms. The third kappa shape index (κ3) is 5.42. The molecule has 0 aliphatic carbocycles. The number of aryl methyl sites for hydroxylation is 1. The number of carbonyl (C=O) groups is 1. The molecule has 138 valence electrons. The summed E-state index contributed by atoms with van der Waals surface area (Å²) in [5.41, 5.74) is 6.67. The van der Waals surface area contributed by atoms with E-state index in [0.29, 0.717) is 24.3 Å². The van der Waals surface area contributed by atoms with Crippen molar-refractivity contribution in [1.82, 2.24) is 4.31 Å². The number of hydrogen-bond acceptors (Lipinski definition) is 5. The first-order valence-corrected chi connectivity index (χ1v) is 8.88. The van der Waals surface area contributed by atoms with Crippen LogP contribution in [0.3, 0.4) is 0 Å². The smallest absolute Gasteiger partial charge is 0.243 e.